The highest BCUT2D eigenvalue weighted by Crippen LogP contribution is 2.14. The molecule has 0 aliphatic rings. The van der Waals surface area contributed by atoms with Gasteiger partial charge in [-0.2, -0.15) is 0 Å². The second-order valence-electron chi connectivity index (χ2n) is 10.3. The van der Waals surface area contributed by atoms with E-state index >= 15 is 0 Å². The molecule has 0 saturated heterocycles. The highest BCUT2D eigenvalue weighted by atomic mass is 16.1. The van der Waals surface area contributed by atoms with Crippen molar-refractivity contribution in [2.45, 2.75) is 156 Å². The van der Waals surface area contributed by atoms with Gasteiger partial charge in [-0.1, -0.05) is 96.8 Å². The van der Waals surface area contributed by atoms with Crippen LogP contribution in [0.2, 0.25) is 0 Å². The van der Waals surface area contributed by atoms with Gasteiger partial charge in [0.05, 0.1) is 26.2 Å². The Morgan fingerprint density at radius 2 is 1.03 bits per heavy atom. The minimum Gasteiger partial charge on any atom is -0.354 e. The molecule has 1 atom stereocenters. The summed E-state index contributed by atoms with van der Waals surface area (Å²) in [5, 5.41) is 3.22. The number of amides is 1. The number of nitrogens with zero attached hydrogens (tertiary/aromatic N) is 1. The van der Waals surface area contributed by atoms with Crippen LogP contribution in [0.4, 0.5) is 0 Å². The third kappa shape index (κ3) is 17.9. The second kappa shape index (κ2) is 22.2. The molecule has 1 N–H and O–H groups in total. The van der Waals surface area contributed by atoms with Crippen LogP contribution in [0.1, 0.15) is 150 Å². The van der Waals surface area contributed by atoms with E-state index in [4.69, 9.17) is 0 Å². The van der Waals surface area contributed by atoms with Crippen LogP contribution in [0, 0.1) is 0 Å². The SMILES string of the molecule is CCCCCCCCCCCCCCCCCC(=O)NC(C)CCC[N+](CC)(CC)CC. The maximum absolute atomic E-state index is 12.2. The van der Waals surface area contributed by atoms with Gasteiger partial charge in [0, 0.05) is 12.5 Å². The lowest BCUT2D eigenvalue weighted by molar-refractivity contribution is -0.923. The van der Waals surface area contributed by atoms with Gasteiger partial charge in [-0.3, -0.25) is 4.79 Å². The maximum atomic E-state index is 12.2. The molecule has 0 spiro atoms. The molecule has 192 valence electrons. The van der Waals surface area contributed by atoms with Gasteiger partial charge in [0.2, 0.25) is 5.91 Å². The number of hydrogen-bond acceptors (Lipinski definition) is 1. The molecule has 0 saturated carbocycles. The standard InChI is InChI=1S/C29H60N2O/c1-6-10-11-12-13-14-15-16-17-18-19-20-21-22-23-26-29(32)30-28(5)25-24-27-31(7-2,8-3)9-4/h28H,6-27H2,1-5H3/p+1. The Labute approximate surface area is 203 Å². The van der Waals surface area contributed by atoms with Gasteiger partial charge in [-0.05, 0) is 47.0 Å². The zero-order valence-corrected chi connectivity index (χ0v) is 23.0. The molecular formula is C29H61N2O+. The predicted octanol–water partition coefficient (Wildman–Crippen LogP) is 8.41. The van der Waals surface area contributed by atoms with E-state index in [-0.39, 0.29) is 5.91 Å². The third-order valence-electron chi connectivity index (χ3n) is 7.70. The normalized spacial score (nSPS) is 12.8. The summed E-state index contributed by atoms with van der Waals surface area (Å²) in [5.41, 5.74) is 0. The molecule has 0 bridgehead atoms. The molecule has 3 heteroatoms. The van der Waals surface area contributed by atoms with Crippen molar-refractivity contribution in [1.82, 2.24) is 5.32 Å². The van der Waals surface area contributed by atoms with E-state index in [2.05, 4.69) is 39.9 Å². The van der Waals surface area contributed by atoms with Crippen LogP contribution in [-0.4, -0.2) is 42.6 Å². The number of hydrogen-bond donors (Lipinski definition) is 1. The van der Waals surface area contributed by atoms with Crippen LogP contribution in [0.15, 0.2) is 0 Å². The van der Waals surface area contributed by atoms with Crippen molar-refractivity contribution in [3.05, 3.63) is 0 Å². The van der Waals surface area contributed by atoms with E-state index in [0.717, 1.165) is 12.8 Å². The summed E-state index contributed by atoms with van der Waals surface area (Å²) in [4.78, 5) is 12.2. The second-order valence-corrected chi connectivity index (χ2v) is 10.3. The van der Waals surface area contributed by atoms with E-state index in [1.54, 1.807) is 0 Å². The lowest BCUT2D eigenvalue weighted by atomic mass is 10.0. The highest BCUT2D eigenvalue weighted by Gasteiger charge is 2.20. The van der Waals surface area contributed by atoms with E-state index in [0.29, 0.717) is 12.5 Å². The first kappa shape index (κ1) is 31.4. The van der Waals surface area contributed by atoms with Crippen molar-refractivity contribution in [1.29, 1.82) is 0 Å². The minimum atomic E-state index is 0.259. The van der Waals surface area contributed by atoms with Crippen LogP contribution in [-0.2, 0) is 4.79 Å². The number of carbonyl (C=O) groups excluding carboxylic acids is 1. The summed E-state index contributed by atoms with van der Waals surface area (Å²) >= 11 is 0. The molecule has 0 aliphatic carbocycles. The molecule has 0 aliphatic heterocycles. The first-order valence-electron chi connectivity index (χ1n) is 14.7. The highest BCUT2D eigenvalue weighted by molar-refractivity contribution is 5.76. The van der Waals surface area contributed by atoms with Crippen molar-refractivity contribution < 1.29 is 9.28 Å². The van der Waals surface area contributed by atoms with Crippen molar-refractivity contribution in [3.63, 3.8) is 0 Å². The minimum absolute atomic E-state index is 0.259. The Hall–Kier alpha value is -0.570. The van der Waals surface area contributed by atoms with Crippen LogP contribution >= 0.6 is 0 Å². The first-order valence-corrected chi connectivity index (χ1v) is 14.7. The number of quaternary nitrogens is 1. The summed E-state index contributed by atoms with van der Waals surface area (Å²) in [6.07, 6.45) is 23.6. The van der Waals surface area contributed by atoms with Gasteiger partial charge in [0.15, 0.2) is 0 Å². The first-order chi connectivity index (χ1) is 15.5. The number of carbonyl (C=O) groups is 1. The molecule has 0 aromatic rings. The Morgan fingerprint density at radius 3 is 1.44 bits per heavy atom. The Bertz CT molecular complexity index is 398. The molecule has 3 nitrogen and oxygen atoms in total. The van der Waals surface area contributed by atoms with Gasteiger partial charge in [-0.15, -0.1) is 0 Å². The molecule has 0 radical (unpaired) electrons. The zero-order valence-electron chi connectivity index (χ0n) is 23.0. The van der Waals surface area contributed by atoms with Crippen molar-refractivity contribution in [2.75, 3.05) is 26.2 Å². The Balaban J connectivity index is 3.47. The predicted molar refractivity (Wildman–Crippen MR) is 143 cm³/mol. The van der Waals surface area contributed by atoms with Crippen molar-refractivity contribution in [2.24, 2.45) is 0 Å². The van der Waals surface area contributed by atoms with Crippen LogP contribution in [0.3, 0.4) is 0 Å². The Kier molecular flexibility index (Phi) is 21.8. The lowest BCUT2D eigenvalue weighted by Gasteiger charge is -2.36. The lowest BCUT2D eigenvalue weighted by Crippen LogP contribution is -2.48. The summed E-state index contributed by atoms with van der Waals surface area (Å²) in [7, 11) is 0. The van der Waals surface area contributed by atoms with Crippen LogP contribution < -0.4 is 5.32 Å². The summed E-state index contributed by atoms with van der Waals surface area (Å²) in [6, 6.07) is 0.311. The molecule has 0 aromatic heterocycles. The van der Waals surface area contributed by atoms with Gasteiger partial charge < -0.3 is 9.80 Å². The molecule has 32 heavy (non-hydrogen) atoms. The Morgan fingerprint density at radius 1 is 0.625 bits per heavy atom. The van der Waals surface area contributed by atoms with Gasteiger partial charge in [-0.25, -0.2) is 0 Å². The average molecular weight is 454 g/mol. The quantitative estimate of drug-likeness (QED) is 0.115. The molecule has 0 fully saturated rings. The molecular weight excluding hydrogens is 392 g/mol. The molecule has 1 amide bonds. The summed E-state index contributed by atoms with van der Waals surface area (Å²) in [6.45, 7) is 16.2. The van der Waals surface area contributed by atoms with Crippen LogP contribution in [0.25, 0.3) is 0 Å². The smallest absolute Gasteiger partial charge is 0.220 e. The fourth-order valence-electron chi connectivity index (χ4n) is 4.95. The molecule has 0 rings (SSSR count). The van der Waals surface area contributed by atoms with Gasteiger partial charge >= 0.3 is 0 Å². The van der Waals surface area contributed by atoms with E-state index < -0.39 is 0 Å². The van der Waals surface area contributed by atoms with Gasteiger partial charge in [0.25, 0.3) is 0 Å². The fraction of sp³-hybridized carbons (Fsp3) is 0.966. The molecule has 1 unspecified atom stereocenters. The van der Waals surface area contributed by atoms with E-state index in [1.165, 1.54) is 127 Å². The maximum Gasteiger partial charge on any atom is 0.220 e. The largest absolute Gasteiger partial charge is 0.354 e. The average Bonchev–Trinajstić information content (AvgIpc) is 2.79. The number of nitrogens with one attached hydrogen (secondary N) is 1. The fourth-order valence-corrected chi connectivity index (χ4v) is 4.95. The molecule has 0 heterocycles. The zero-order chi connectivity index (χ0) is 23.9. The van der Waals surface area contributed by atoms with E-state index in [1.807, 2.05) is 0 Å². The van der Waals surface area contributed by atoms with Crippen LogP contribution in [0.5, 0.6) is 0 Å². The summed E-state index contributed by atoms with van der Waals surface area (Å²) in [5.74, 6) is 0.259. The number of rotatable bonds is 24. The summed E-state index contributed by atoms with van der Waals surface area (Å²) < 4.78 is 1.21. The topological polar surface area (TPSA) is 29.1 Å². The third-order valence-corrected chi connectivity index (χ3v) is 7.70. The van der Waals surface area contributed by atoms with E-state index in [9.17, 15) is 4.79 Å². The molecule has 0 aromatic carbocycles. The van der Waals surface area contributed by atoms with Crippen molar-refractivity contribution >= 4 is 5.91 Å². The van der Waals surface area contributed by atoms with Crippen molar-refractivity contribution in [3.8, 4) is 0 Å². The number of unbranched alkanes of at least 4 members (excludes halogenated alkanes) is 14. The van der Waals surface area contributed by atoms with Gasteiger partial charge in [0.1, 0.15) is 0 Å². The monoisotopic (exact) mass is 453 g/mol.